The minimum atomic E-state index is -0.326. The van der Waals surface area contributed by atoms with Crippen LogP contribution in [0.1, 0.15) is 53.4 Å². The van der Waals surface area contributed by atoms with Crippen LogP contribution in [0.15, 0.2) is 60.9 Å². The second-order valence-electron chi connectivity index (χ2n) is 8.39. The van der Waals surface area contributed by atoms with Gasteiger partial charge in [-0.3, -0.25) is 0 Å². The lowest BCUT2D eigenvalue weighted by Gasteiger charge is -2.10. The number of unbranched alkanes of at least 4 members (excludes halogenated alkanes) is 3. The van der Waals surface area contributed by atoms with Crippen molar-refractivity contribution in [2.24, 2.45) is 0 Å². The molecule has 1 N–H and O–H groups in total. The first-order valence-electron chi connectivity index (χ1n) is 12.1. The average Bonchev–Trinajstić information content (AvgIpc) is 3.23. The summed E-state index contributed by atoms with van der Waals surface area (Å²) in [5.74, 6) is 1.19. The van der Waals surface area contributed by atoms with E-state index < -0.39 is 0 Å². The summed E-state index contributed by atoms with van der Waals surface area (Å²) in [7, 11) is 0. The summed E-state index contributed by atoms with van der Waals surface area (Å²) in [5, 5.41) is 4.20. The highest BCUT2D eigenvalue weighted by atomic mass is 32.1. The fraction of sp³-hybridized carbons (Fsp3) is 0.321. The topological polar surface area (TPSA) is 73.3 Å². The monoisotopic (exact) mass is 489 g/mol. The van der Waals surface area contributed by atoms with Crippen molar-refractivity contribution in [3.05, 3.63) is 76.9 Å². The zero-order valence-electron chi connectivity index (χ0n) is 20.3. The highest BCUT2D eigenvalue weighted by molar-refractivity contribution is 7.20. The lowest BCUT2D eigenvalue weighted by atomic mass is 10.2. The summed E-state index contributed by atoms with van der Waals surface area (Å²) in [6, 6.07) is 17.8. The molecular formula is C28H31N3O3S. The molecule has 4 aromatic rings. The third-order valence-corrected chi connectivity index (χ3v) is 6.94. The van der Waals surface area contributed by atoms with E-state index in [0.717, 1.165) is 45.8 Å². The van der Waals surface area contributed by atoms with Gasteiger partial charge in [-0.05, 0) is 48.7 Å². The van der Waals surface area contributed by atoms with E-state index in [0.29, 0.717) is 23.7 Å². The summed E-state index contributed by atoms with van der Waals surface area (Å²) >= 11 is 1.33. The first-order valence-corrected chi connectivity index (χ1v) is 12.9. The van der Waals surface area contributed by atoms with Crippen molar-refractivity contribution >= 4 is 39.0 Å². The second kappa shape index (κ2) is 12.3. The van der Waals surface area contributed by atoms with Gasteiger partial charge in [-0.25, -0.2) is 14.8 Å². The molecule has 0 bridgehead atoms. The third kappa shape index (κ3) is 6.57. The summed E-state index contributed by atoms with van der Waals surface area (Å²) in [5.41, 5.74) is 2.85. The molecule has 0 saturated heterocycles. The molecule has 0 saturated carbocycles. The number of carbonyl (C=O) groups is 1. The van der Waals surface area contributed by atoms with Crippen molar-refractivity contribution < 1.29 is 14.3 Å². The van der Waals surface area contributed by atoms with Crippen LogP contribution in [0.25, 0.3) is 10.2 Å². The maximum Gasteiger partial charge on any atom is 0.348 e. The van der Waals surface area contributed by atoms with Gasteiger partial charge >= 0.3 is 5.97 Å². The number of rotatable bonds is 12. The summed E-state index contributed by atoms with van der Waals surface area (Å²) in [4.78, 5) is 22.9. The maximum atomic E-state index is 12.8. The predicted molar refractivity (Wildman–Crippen MR) is 142 cm³/mol. The fourth-order valence-corrected chi connectivity index (χ4v) is 4.87. The molecule has 0 amide bonds. The van der Waals surface area contributed by atoms with Crippen LogP contribution in [0.5, 0.6) is 5.75 Å². The van der Waals surface area contributed by atoms with Crippen molar-refractivity contribution in [3.8, 4) is 5.75 Å². The molecule has 0 radical (unpaired) electrons. The maximum absolute atomic E-state index is 12.8. The molecule has 2 aromatic carbocycles. The van der Waals surface area contributed by atoms with E-state index in [1.807, 2.05) is 61.5 Å². The van der Waals surface area contributed by atoms with Crippen molar-refractivity contribution in [1.29, 1.82) is 0 Å². The molecule has 2 heterocycles. The number of anilines is 2. The highest BCUT2D eigenvalue weighted by Crippen LogP contribution is 2.35. The summed E-state index contributed by atoms with van der Waals surface area (Å²) in [6.45, 7) is 5.18. The van der Waals surface area contributed by atoms with Crippen LogP contribution >= 0.6 is 11.3 Å². The largest absolute Gasteiger partial charge is 0.494 e. The van der Waals surface area contributed by atoms with Crippen LogP contribution in [-0.2, 0) is 11.2 Å². The highest BCUT2D eigenvalue weighted by Gasteiger charge is 2.20. The average molecular weight is 490 g/mol. The predicted octanol–water partition coefficient (Wildman–Crippen LogP) is 7.10. The third-order valence-electron chi connectivity index (χ3n) is 5.76. The lowest BCUT2D eigenvalue weighted by Crippen LogP contribution is -2.07. The van der Waals surface area contributed by atoms with Crippen molar-refractivity contribution in [2.45, 2.75) is 46.0 Å². The Balaban J connectivity index is 1.40. The molecular weight excluding hydrogens is 458 g/mol. The Kier molecular flexibility index (Phi) is 8.68. The number of nitrogens with one attached hydrogen (secondary N) is 1. The van der Waals surface area contributed by atoms with Crippen LogP contribution in [0.2, 0.25) is 0 Å². The number of benzene rings is 2. The molecule has 0 aliphatic heterocycles. The Morgan fingerprint density at radius 1 is 0.971 bits per heavy atom. The van der Waals surface area contributed by atoms with E-state index in [1.54, 1.807) is 0 Å². The van der Waals surface area contributed by atoms with Crippen LogP contribution in [0.3, 0.4) is 0 Å². The molecule has 6 nitrogen and oxygen atoms in total. The molecule has 182 valence electrons. The van der Waals surface area contributed by atoms with Gasteiger partial charge in [-0.15, -0.1) is 11.3 Å². The Bertz CT molecular complexity index is 1240. The standard InChI is InChI=1S/C28H31N3O3S/c1-3-4-5-9-17-33-23-14-12-22(13-15-23)31-26-24-20(2)25(35-27(24)30-19-29-26)28(32)34-18-16-21-10-7-6-8-11-21/h6-8,10-15,19H,3-5,9,16-18H2,1-2H3,(H,29,30,31). The van der Waals surface area contributed by atoms with Crippen molar-refractivity contribution in [2.75, 3.05) is 18.5 Å². The Morgan fingerprint density at radius 3 is 2.54 bits per heavy atom. The van der Waals surface area contributed by atoms with Gasteiger partial charge in [0.25, 0.3) is 0 Å². The number of nitrogens with zero attached hydrogens (tertiary/aromatic N) is 2. The van der Waals surface area contributed by atoms with E-state index in [9.17, 15) is 4.79 Å². The van der Waals surface area contributed by atoms with Crippen LogP contribution < -0.4 is 10.1 Å². The normalized spacial score (nSPS) is 10.9. The van der Waals surface area contributed by atoms with E-state index >= 15 is 0 Å². The van der Waals surface area contributed by atoms with E-state index in [-0.39, 0.29) is 5.97 Å². The van der Waals surface area contributed by atoms with Gasteiger partial charge in [0.15, 0.2) is 0 Å². The second-order valence-corrected chi connectivity index (χ2v) is 9.39. The van der Waals surface area contributed by atoms with E-state index in [2.05, 4.69) is 22.2 Å². The minimum absolute atomic E-state index is 0.326. The zero-order valence-corrected chi connectivity index (χ0v) is 21.1. The van der Waals surface area contributed by atoms with Crippen LogP contribution in [-0.4, -0.2) is 29.2 Å². The lowest BCUT2D eigenvalue weighted by molar-refractivity contribution is 0.0514. The fourth-order valence-electron chi connectivity index (χ4n) is 3.82. The summed E-state index contributed by atoms with van der Waals surface area (Å²) in [6.07, 6.45) is 6.93. The van der Waals surface area contributed by atoms with Gasteiger partial charge in [-0.1, -0.05) is 56.5 Å². The van der Waals surface area contributed by atoms with E-state index in [4.69, 9.17) is 9.47 Å². The number of hydrogen-bond acceptors (Lipinski definition) is 7. The van der Waals surface area contributed by atoms with Gasteiger partial charge in [0, 0.05) is 12.1 Å². The zero-order chi connectivity index (χ0) is 24.5. The Labute approximate surface area is 210 Å². The number of carbonyl (C=O) groups excluding carboxylic acids is 1. The van der Waals surface area contributed by atoms with Crippen LogP contribution in [0, 0.1) is 6.92 Å². The Morgan fingerprint density at radius 2 is 1.77 bits per heavy atom. The van der Waals surface area contributed by atoms with Gasteiger partial charge in [0.05, 0.1) is 18.6 Å². The van der Waals surface area contributed by atoms with E-state index in [1.165, 1.54) is 36.9 Å². The minimum Gasteiger partial charge on any atom is -0.494 e. The van der Waals surface area contributed by atoms with Gasteiger partial charge in [-0.2, -0.15) is 0 Å². The number of fused-ring (bicyclic) bond motifs is 1. The van der Waals surface area contributed by atoms with Crippen molar-refractivity contribution in [3.63, 3.8) is 0 Å². The van der Waals surface area contributed by atoms with Crippen LogP contribution in [0.4, 0.5) is 11.5 Å². The van der Waals surface area contributed by atoms with Gasteiger partial charge in [0.2, 0.25) is 0 Å². The van der Waals surface area contributed by atoms with Gasteiger partial charge in [0.1, 0.15) is 27.6 Å². The number of ether oxygens (including phenoxy) is 2. The first kappa shape index (κ1) is 24.7. The molecule has 0 unspecified atom stereocenters. The molecule has 0 spiro atoms. The molecule has 0 atom stereocenters. The number of thiophene rings is 1. The molecule has 4 rings (SSSR count). The van der Waals surface area contributed by atoms with Crippen molar-refractivity contribution in [1.82, 2.24) is 9.97 Å². The molecule has 0 fully saturated rings. The number of aryl methyl sites for hydroxylation is 1. The molecule has 35 heavy (non-hydrogen) atoms. The summed E-state index contributed by atoms with van der Waals surface area (Å²) < 4.78 is 11.4. The number of esters is 1. The SMILES string of the molecule is CCCCCCOc1ccc(Nc2ncnc3sc(C(=O)OCCc4ccccc4)c(C)c23)cc1. The first-order chi connectivity index (χ1) is 17.2. The number of aromatic nitrogens is 2. The van der Waals surface area contributed by atoms with Gasteiger partial charge < -0.3 is 14.8 Å². The molecule has 7 heteroatoms. The molecule has 2 aromatic heterocycles. The Hall–Kier alpha value is -3.45. The molecule has 0 aliphatic rings. The molecule has 0 aliphatic carbocycles. The quantitative estimate of drug-likeness (QED) is 0.169. The number of hydrogen-bond donors (Lipinski definition) is 1. The smallest absolute Gasteiger partial charge is 0.348 e.